The third-order valence-electron chi connectivity index (χ3n) is 13.9. The zero-order valence-electron chi connectivity index (χ0n) is 35.1. The maximum absolute atomic E-state index is 13.9. The van der Waals surface area contributed by atoms with E-state index in [4.69, 9.17) is 9.84 Å². The molecule has 2 saturated heterocycles. The molecule has 5 amide bonds. The number of methoxy groups -OCH3 is 1. The second-order valence-corrected chi connectivity index (χ2v) is 18.1. The standard InChI is InChI=1S/C46H52F2N8O6/c1-45(47,48)38-8-4-7-33(50-38)41(58)51-35-21-29-26-55(53-34(29)22-37(35)62-2)30-11-9-27(10-12-30)25-54-19-16-46(17-20-54)23-28(24-46)15-18-49-32-6-3-5-31-40(32)44(61)56(43(31)60)36-13-14-39(57)52-42(36)59/h3-8,21-22,26-28,30,36,49H,9-20,23-25H2,1-2H3,(H,51,58)(H,52,57,59)/t27-,30-,36?. The van der Waals surface area contributed by atoms with Crippen molar-refractivity contribution in [3.63, 3.8) is 0 Å². The zero-order chi connectivity index (χ0) is 43.3. The number of alkyl halides is 2. The fourth-order valence-electron chi connectivity index (χ4n) is 10.5. The number of piperidine rings is 2. The topological polar surface area (TPSA) is 168 Å². The quantitative estimate of drug-likeness (QED) is 0.127. The highest BCUT2D eigenvalue weighted by Gasteiger charge is 2.47. The number of anilines is 2. The van der Waals surface area contributed by atoms with Gasteiger partial charge in [-0.2, -0.15) is 13.9 Å². The summed E-state index contributed by atoms with van der Waals surface area (Å²) >= 11 is 0. The van der Waals surface area contributed by atoms with Gasteiger partial charge in [0.25, 0.3) is 23.6 Å². The molecule has 2 aliphatic carbocycles. The molecule has 3 aliphatic heterocycles. The first kappa shape index (κ1) is 41.6. The number of aromatic nitrogens is 3. The number of ether oxygens (including phenoxy) is 1. The van der Waals surface area contributed by atoms with Crippen molar-refractivity contribution in [2.45, 2.75) is 95.6 Å². The summed E-state index contributed by atoms with van der Waals surface area (Å²) in [6, 6.07) is 12.0. The van der Waals surface area contributed by atoms with Gasteiger partial charge in [-0.05, 0) is 125 Å². The smallest absolute Gasteiger partial charge is 0.287 e. The summed E-state index contributed by atoms with van der Waals surface area (Å²) in [7, 11) is 1.51. The molecule has 3 N–H and O–H groups in total. The Morgan fingerprint density at radius 1 is 0.952 bits per heavy atom. The molecule has 1 atom stereocenters. The van der Waals surface area contributed by atoms with Gasteiger partial charge in [0.15, 0.2) is 0 Å². The monoisotopic (exact) mass is 850 g/mol. The molecule has 1 unspecified atom stereocenters. The van der Waals surface area contributed by atoms with Crippen molar-refractivity contribution in [3.05, 3.63) is 77.2 Å². The highest BCUT2D eigenvalue weighted by atomic mass is 19.3. The number of hydrogen-bond acceptors (Lipinski definition) is 10. The summed E-state index contributed by atoms with van der Waals surface area (Å²) in [6.45, 7) is 4.80. The van der Waals surface area contributed by atoms with Gasteiger partial charge >= 0.3 is 0 Å². The molecule has 0 bridgehead atoms. The lowest BCUT2D eigenvalue weighted by Crippen LogP contribution is -2.54. The van der Waals surface area contributed by atoms with Crippen molar-refractivity contribution in [2.24, 2.45) is 17.3 Å². The van der Waals surface area contributed by atoms with Crippen molar-refractivity contribution in [3.8, 4) is 5.75 Å². The summed E-state index contributed by atoms with van der Waals surface area (Å²) in [5.74, 6) is -4.10. The van der Waals surface area contributed by atoms with Crippen molar-refractivity contribution >= 4 is 51.8 Å². The average molecular weight is 851 g/mol. The van der Waals surface area contributed by atoms with Gasteiger partial charge in [0.05, 0.1) is 35.5 Å². The zero-order valence-corrected chi connectivity index (χ0v) is 35.1. The molecule has 5 aliphatic rings. The molecule has 9 rings (SSSR count). The number of nitrogens with one attached hydrogen (secondary N) is 3. The van der Waals surface area contributed by atoms with Crippen LogP contribution in [0, 0.1) is 17.3 Å². The van der Waals surface area contributed by atoms with Crippen LogP contribution in [0.1, 0.15) is 120 Å². The van der Waals surface area contributed by atoms with Crippen molar-refractivity contribution in [1.29, 1.82) is 0 Å². The maximum atomic E-state index is 13.9. The van der Waals surface area contributed by atoms with Crippen LogP contribution in [0.25, 0.3) is 10.9 Å². The number of likely N-dealkylation sites (tertiary alicyclic amines) is 1. The van der Waals surface area contributed by atoms with Crippen LogP contribution in [0.3, 0.4) is 0 Å². The van der Waals surface area contributed by atoms with E-state index in [9.17, 15) is 32.8 Å². The second kappa shape index (κ2) is 16.5. The van der Waals surface area contributed by atoms with Gasteiger partial charge in [0.2, 0.25) is 11.8 Å². The summed E-state index contributed by atoms with van der Waals surface area (Å²) in [5, 5.41) is 14.2. The molecule has 5 heterocycles. The Balaban J connectivity index is 0.715. The number of nitrogens with zero attached hydrogens (tertiary/aromatic N) is 5. The predicted molar refractivity (Wildman–Crippen MR) is 226 cm³/mol. The van der Waals surface area contributed by atoms with Crippen LogP contribution in [0.15, 0.2) is 54.7 Å². The number of pyridine rings is 1. The van der Waals surface area contributed by atoms with E-state index >= 15 is 0 Å². The number of halogens is 2. The van der Waals surface area contributed by atoms with Gasteiger partial charge in [0.1, 0.15) is 23.2 Å². The number of hydrogen-bond donors (Lipinski definition) is 3. The normalized spacial score (nSPS) is 23.0. The molecule has 62 heavy (non-hydrogen) atoms. The number of carbonyl (C=O) groups excluding carboxylic acids is 5. The van der Waals surface area contributed by atoms with Gasteiger partial charge in [-0.1, -0.05) is 12.1 Å². The van der Waals surface area contributed by atoms with E-state index in [1.807, 2.05) is 16.9 Å². The Morgan fingerprint density at radius 2 is 1.71 bits per heavy atom. The summed E-state index contributed by atoms with van der Waals surface area (Å²) in [6.07, 6.45) is 12.4. The average Bonchev–Trinajstić information content (AvgIpc) is 3.77. The number of amides is 5. The van der Waals surface area contributed by atoms with Crippen LogP contribution in [-0.4, -0.2) is 93.4 Å². The largest absolute Gasteiger partial charge is 0.494 e. The molecule has 2 aromatic heterocycles. The van der Waals surface area contributed by atoms with E-state index in [2.05, 4.69) is 25.8 Å². The number of benzene rings is 2. The minimum Gasteiger partial charge on any atom is -0.494 e. The summed E-state index contributed by atoms with van der Waals surface area (Å²) in [5.41, 5.74) is 2.19. The number of fused-ring (bicyclic) bond motifs is 2. The molecule has 16 heteroatoms. The van der Waals surface area contributed by atoms with Gasteiger partial charge in [-0.3, -0.25) is 38.9 Å². The van der Waals surface area contributed by atoms with Crippen LogP contribution in [-0.2, 0) is 15.5 Å². The van der Waals surface area contributed by atoms with E-state index in [1.165, 1.54) is 51.0 Å². The lowest BCUT2D eigenvalue weighted by atomic mass is 9.57. The lowest BCUT2D eigenvalue weighted by molar-refractivity contribution is -0.136. The van der Waals surface area contributed by atoms with E-state index < -0.39 is 47.2 Å². The van der Waals surface area contributed by atoms with Gasteiger partial charge in [-0.15, -0.1) is 0 Å². The highest BCUT2D eigenvalue weighted by molar-refractivity contribution is 6.25. The fraction of sp³-hybridized carbons (Fsp3) is 0.500. The molecule has 0 radical (unpaired) electrons. The van der Waals surface area contributed by atoms with Gasteiger partial charge in [-0.25, -0.2) is 4.98 Å². The lowest BCUT2D eigenvalue weighted by Gasteiger charge is -2.53. The SMILES string of the molecule is COc1cc2nn([C@H]3CC[C@H](CN4CCC5(CC4)CC(CCNc4cccc6c4C(=O)N(C4CCC(=O)NC4=O)C6=O)C5)CC3)cc2cc1NC(=O)c1cccc(C(C)(F)F)n1. The second-order valence-electron chi connectivity index (χ2n) is 18.1. The molecule has 2 aromatic carbocycles. The maximum Gasteiger partial charge on any atom is 0.287 e. The molecular weight excluding hydrogens is 799 g/mol. The third-order valence-corrected chi connectivity index (χ3v) is 13.9. The third kappa shape index (κ3) is 8.16. The van der Waals surface area contributed by atoms with Crippen molar-refractivity contribution in [2.75, 3.05) is 43.9 Å². The Morgan fingerprint density at radius 3 is 2.44 bits per heavy atom. The molecule has 4 aromatic rings. The predicted octanol–water partition coefficient (Wildman–Crippen LogP) is 6.93. The summed E-state index contributed by atoms with van der Waals surface area (Å²) in [4.78, 5) is 71.4. The molecular formula is C46H52F2N8O6. The van der Waals surface area contributed by atoms with Gasteiger partial charge in [0, 0.05) is 49.8 Å². The Labute approximate surface area is 358 Å². The van der Waals surface area contributed by atoms with E-state index in [0.29, 0.717) is 46.5 Å². The first-order valence-electron chi connectivity index (χ1n) is 21.8. The minimum atomic E-state index is -3.17. The van der Waals surface area contributed by atoms with Gasteiger partial charge < -0.3 is 20.3 Å². The number of rotatable bonds is 12. The van der Waals surface area contributed by atoms with Crippen molar-refractivity contribution in [1.82, 2.24) is 29.9 Å². The van der Waals surface area contributed by atoms with Crippen LogP contribution in [0.4, 0.5) is 20.2 Å². The molecule has 14 nitrogen and oxygen atoms in total. The Hall–Kier alpha value is -5.77. The number of imide groups is 2. The first-order chi connectivity index (χ1) is 29.8. The molecule has 1 spiro atoms. The van der Waals surface area contributed by atoms with Crippen LogP contribution in [0.2, 0.25) is 0 Å². The highest BCUT2D eigenvalue weighted by Crippen LogP contribution is 2.54. The van der Waals surface area contributed by atoms with E-state index in [0.717, 1.165) is 74.5 Å². The van der Waals surface area contributed by atoms with E-state index in [-0.39, 0.29) is 30.1 Å². The fourth-order valence-corrected chi connectivity index (χ4v) is 10.5. The first-order valence-corrected chi connectivity index (χ1v) is 21.8. The summed E-state index contributed by atoms with van der Waals surface area (Å²) < 4.78 is 35.3. The van der Waals surface area contributed by atoms with Crippen LogP contribution >= 0.6 is 0 Å². The van der Waals surface area contributed by atoms with E-state index in [1.54, 1.807) is 24.3 Å². The van der Waals surface area contributed by atoms with Crippen LogP contribution in [0.5, 0.6) is 5.75 Å². The van der Waals surface area contributed by atoms with Crippen LogP contribution < -0.4 is 20.7 Å². The molecule has 326 valence electrons. The Kier molecular flexibility index (Phi) is 11.1. The van der Waals surface area contributed by atoms with Crippen molar-refractivity contribution < 1.29 is 37.5 Å². The molecule has 4 fully saturated rings. The number of carbonyl (C=O) groups is 5. The Bertz CT molecular complexity index is 2420. The molecule has 2 saturated carbocycles. The minimum absolute atomic E-state index is 0.0870.